The highest BCUT2D eigenvalue weighted by Gasteiger charge is 2.06. The van der Waals surface area contributed by atoms with E-state index in [-0.39, 0.29) is 6.10 Å². The Kier molecular flexibility index (Phi) is 6.40. The van der Waals surface area contributed by atoms with Gasteiger partial charge < -0.3 is 15.8 Å². The summed E-state index contributed by atoms with van der Waals surface area (Å²) >= 11 is 0. The van der Waals surface area contributed by atoms with Gasteiger partial charge in [0.05, 0.1) is 17.5 Å². The van der Waals surface area contributed by atoms with Crippen molar-refractivity contribution in [2.45, 2.75) is 52.6 Å². The van der Waals surface area contributed by atoms with Gasteiger partial charge in [-0.3, -0.25) is 0 Å². The highest BCUT2D eigenvalue weighted by Crippen LogP contribution is 2.30. The van der Waals surface area contributed by atoms with Crippen LogP contribution in [0.15, 0.2) is 18.2 Å². The Balaban J connectivity index is 2.50. The van der Waals surface area contributed by atoms with Gasteiger partial charge in [0.15, 0.2) is 0 Å². The SMILES string of the molecule is CCCCCCNc1cccc(OC(C)C)c1N. The molecule has 0 aromatic heterocycles. The molecule has 102 valence electrons. The van der Waals surface area contributed by atoms with E-state index in [1.54, 1.807) is 0 Å². The number of hydrogen-bond donors (Lipinski definition) is 2. The van der Waals surface area contributed by atoms with E-state index in [0.717, 1.165) is 18.0 Å². The van der Waals surface area contributed by atoms with Crippen LogP contribution in [0.5, 0.6) is 5.75 Å². The van der Waals surface area contributed by atoms with Crippen molar-refractivity contribution in [1.82, 2.24) is 0 Å². The van der Waals surface area contributed by atoms with Crippen LogP contribution in [-0.4, -0.2) is 12.6 Å². The largest absolute Gasteiger partial charge is 0.489 e. The smallest absolute Gasteiger partial charge is 0.144 e. The van der Waals surface area contributed by atoms with Gasteiger partial charge in [0.2, 0.25) is 0 Å². The lowest BCUT2D eigenvalue weighted by atomic mass is 10.2. The van der Waals surface area contributed by atoms with Crippen LogP contribution in [0.2, 0.25) is 0 Å². The third-order valence-electron chi connectivity index (χ3n) is 2.77. The van der Waals surface area contributed by atoms with Crippen LogP contribution < -0.4 is 15.8 Å². The van der Waals surface area contributed by atoms with Crippen LogP contribution in [0.4, 0.5) is 11.4 Å². The van der Waals surface area contributed by atoms with Crippen molar-refractivity contribution in [1.29, 1.82) is 0 Å². The zero-order chi connectivity index (χ0) is 13.4. The van der Waals surface area contributed by atoms with Gasteiger partial charge in [0.1, 0.15) is 5.75 Å². The van der Waals surface area contributed by atoms with Crippen molar-refractivity contribution in [3.8, 4) is 5.75 Å². The van der Waals surface area contributed by atoms with Crippen LogP contribution in [0, 0.1) is 0 Å². The molecule has 1 aromatic rings. The molecule has 0 atom stereocenters. The molecule has 0 bridgehead atoms. The third kappa shape index (κ3) is 4.86. The Morgan fingerprint density at radius 2 is 2.00 bits per heavy atom. The number of para-hydroxylation sites is 1. The molecule has 3 N–H and O–H groups in total. The van der Waals surface area contributed by atoms with Crippen LogP contribution in [-0.2, 0) is 0 Å². The second kappa shape index (κ2) is 7.85. The minimum atomic E-state index is 0.145. The Labute approximate surface area is 111 Å². The number of unbranched alkanes of at least 4 members (excludes halogenated alkanes) is 3. The van der Waals surface area contributed by atoms with Crippen LogP contribution in [0.3, 0.4) is 0 Å². The number of nitrogens with one attached hydrogen (secondary N) is 1. The summed E-state index contributed by atoms with van der Waals surface area (Å²) in [5, 5.41) is 3.38. The fourth-order valence-electron chi connectivity index (χ4n) is 1.83. The normalized spacial score (nSPS) is 10.7. The lowest BCUT2D eigenvalue weighted by molar-refractivity contribution is 0.244. The van der Waals surface area contributed by atoms with E-state index in [1.807, 2.05) is 32.0 Å². The summed E-state index contributed by atoms with van der Waals surface area (Å²) in [5.41, 5.74) is 7.77. The van der Waals surface area contributed by atoms with Gasteiger partial charge in [-0.1, -0.05) is 32.3 Å². The molecule has 0 radical (unpaired) electrons. The molecule has 0 saturated heterocycles. The molecule has 18 heavy (non-hydrogen) atoms. The maximum Gasteiger partial charge on any atom is 0.144 e. The third-order valence-corrected chi connectivity index (χ3v) is 2.77. The highest BCUT2D eigenvalue weighted by atomic mass is 16.5. The van der Waals surface area contributed by atoms with Crippen molar-refractivity contribution in [3.05, 3.63) is 18.2 Å². The average molecular weight is 250 g/mol. The Hall–Kier alpha value is -1.38. The summed E-state index contributed by atoms with van der Waals surface area (Å²) < 4.78 is 5.67. The molecule has 3 heteroatoms. The Morgan fingerprint density at radius 1 is 1.22 bits per heavy atom. The monoisotopic (exact) mass is 250 g/mol. The summed E-state index contributed by atoms with van der Waals surface area (Å²) in [4.78, 5) is 0. The maximum absolute atomic E-state index is 6.09. The highest BCUT2D eigenvalue weighted by molar-refractivity contribution is 5.72. The summed E-state index contributed by atoms with van der Waals surface area (Å²) in [6.45, 7) is 7.20. The molecular formula is C15H26N2O. The van der Waals surface area contributed by atoms with Crippen molar-refractivity contribution >= 4 is 11.4 Å². The standard InChI is InChI=1S/C15H26N2O/c1-4-5-6-7-11-17-13-9-8-10-14(15(13)16)18-12(2)3/h8-10,12,17H,4-7,11,16H2,1-3H3. The maximum atomic E-state index is 6.09. The van der Waals surface area contributed by atoms with Gasteiger partial charge in [-0.2, -0.15) is 0 Å². The average Bonchev–Trinajstić information content (AvgIpc) is 2.33. The van der Waals surface area contributed by atoms with Crippen molar-refractivity contribution in [3.63, 3.8) is 0 Å². The van der Waals surface area contributed by atoms with Crippen molar-refractivity contribution < 1.29 is 4.74 Å². The molecule has 0 saturated carbocycles. The predicted octanol–water partition coefficient (Wildman–Crippen LogP) is 4.05. The molecule has 0 spiro atoms. The zero-order valence-corrected chi connectivity index (χ0v) is 11.8. The number of benzene rings is 1. The lowest BCUT2D eigenvalue weighted by Crippen LogP contribution is -2.09. The Bertz CT molecular complexity index is 350. The summed E-state index contributed by atoms with van der Waals surface area (Å²) in [6, 6.07) is 5.89. The van der Waals surface area contributed by atoms with Crippen molar-refractivity contribution in [2.75, 3.05) is 17.6 Å². The molecule has 1 aromatic carbocycles. The molecule has 0 unspecified atom stereocenters. The summed E-state index contributed by atoms with van der Waals surface area (Å²) in [5.74, 6) is 0.767. The zero-order valence-electron chi connectivity index (χ0n) is 11.8. The second-order valence-electron chi connectivity index (χ2n) is 4.87. The molecule has 0 aliphatic rings. The van der Waals surface area contributed by atoms with E-state index in [4.69, 9.17) is 10.5 Å². The van der Waals surface area contributed by atoms with Gasteiger partial charge in [0, 0.05) is 6.54 Å². The van der Waals surface area contributed by atoms with Gasteiger partial charge in [-0.05, 0) is 32.4 Å². The predicted molar refractivity (Wildman–Crippen MR) is 79.3 cm³/mol. The van der Waals surface area contributed by atoms with Gasteiger partial charge in [-0.25, -0.2) is 0 Å². The first kappa shape index (κ1) is 14.7. The molecule has 1 rings (SSSR count). The van der Waals surface area contributed by atoms with E-state index in [1.165, 1.54) is 25.7 Å². The summed E-state index contributed by atoms with van der Waals surface area (Å²) in [6.07, 6.45) is 5.16. The first-order valence-electron chi connectivity index (χ1n) is 6.94. The van der Waals surface area contributed by atoms with E-state index in [0.29, 0.717) is 5.69 Å². The van der Waals surface area contributed by atoms with Crippen LogP contribution >= 0.6 is 0 Å². The van der Waals surface area contributed by atoms with E-state index >= 15 is 0 Å². The quantitative estimate of drug-likeness (QED) is 0.540. The molecule has 0 aliphatic carbocycles. The fourth-order valence-corrected chi connectivity index (χ4v) is 1.83. The first-order valence-corrected chi connectivity index (χ1v) is 6.94. The van der Waals surface area contributed by atoms with Gasteiger partial charge in [-0.15, -0.1) is 0 Å². The Morgan fingerprint density at radius 3 is 2.67 bits per heavy atom. The lowest BCUT2D eigenvalue weighted by Gasteiger charge is -2.15. The number of anilines is 2. The van der Waals surface area contributed by atoms with E-state index < -0.39 is 0 Å². The topological polar surface area (TPSA) is 47.3 Å². The van der Waals surface area contributed by atoms with Gasteiger partial charge >= 0.3 is 0 Å². The minimum absolute atomic E-state index is 0.145. The number of nitrogens with two attached hydrogens (primary N) is 1. The second-order valence-corrected chi connectivity index (χ2v) is 4.87. The number of hydrogen-bond acceptors (Lipinski definition) is 3. The van der Waals surface area contributed by atoms with Crippen molar-refractivity contribution in [2.24, 2.45) is 0 Å². The van der Waals surface area contributed by atoms with E-state index in [2.05, 4.69) is 12.2 Å². The molecule has 3 nitrogen and oxygen atoms in total. The number of rotatable bonds is 8. The molecule has 0 amide bonds. The van der Waals surface area contributed by atoms with Crippen LogP contribution in [0.1, 0.15) is 46.5 Å². The first-order chi connectivity index (χ1) is 8.65. The molecule has 0 heterocycles. The fraction of sp³-hybridized carbons (Fsp3) is 0.600. The number of ether oxygens (including phenoxy) is 1. The van der Waals surface area contributed by atoms with Gasteiger partial charge in [0.25, 0.3) is 0 Å². The minimum Gasteiger partial charge on any atom is -0.489 e. The molecular weight excluding hydrogens is 224 g/mol. The molecule has 0 fully saturated rings. The number of nitrogen functional groups attached to an aromatic ring is 1. The van der Waals surface area contributed by atoms with Crippen LogP contribution in [0.25, 0.3) is 0 Å². The van der Waals surface area contributed by atoms with E-state index in [9.17, 15) is 0 Å². The molecule has 0 aliphatic heterocycles. The summed E-state index contributed by atoms with van der Waals surface area (Å²) in [7, 11) is 0.